The average Bonchev–Trinajstić information content (AvgIpc) is 4.51. The Balaban J connectivity index is 0.000000176. The van der Waals surface area contributed by atoms with Crippen molar-refractivity contribution in [1.82, 2.24) is 9.97 Å². The van der Waals surface area contributed by atoms with Crippen molar-refractivity contribution < 1.29 is 49.8 Å². The highest BCUT2D eigenvalue weighted by Crippen LogP contribution is 2.47. The summed E-state index contributed by atoms with van der Waals surface area (Å²) in [5, 5.41) is 10.2. The number of ether oxygens (including phenoxy) is 2. The maximum atomic E-state index is 14.7. The number of furan rings is 1. The minimum absolute atomic E-state index is 0.201. The minimum Gasteiger partial charge on any atom is -0.481 e. The Morgan fingerprint density at radius 3 is 1.58 bits per heavy atom. The van der Waals surface area contributed by atoms with Crippen molar-refractivity contribution in [2.75, 3.05) is 37.2 Å². The zero-order valence-corrected chi connectivity index (χ0v) is 48.7. The third kappa shape index (κ3) is 15.9. The van der Waals surface area contributed by atoms with Gasteiger partial charge < -0.3 is 36.2 Å². The molecular weight excluding hydrogens is 1170 g/mol. The van der Waals surface area contributed by atoms with Gasteiger partial charge in [-0.3, -0.25) is 4.79 Å². The molecule has 3 aliphatic rings. The standard InChI is InChI=1S/C27H28FNO6S.C17H17FN2O.C11H11ClFN.C6H4BrClFN/c1-16(17-5-6-17)22-11-20(28)12-23(18-7-8-29-25(9-18)34-4)24(22)13-21(30)15-36(32,33)26-10-19(14-35-26)27(2,3)31;1-10(11-3-4-11)14-8-13(18)9-15(17(14)19)12-5-6-20-16(7-12)21-2;1-6(7-2-3-7)9-4-8(13)5-10(12)11(9)14;7-4-1-3(9)2-5(8)6(4)10/h7-12,14,17,31H,1,5-6,13,15H2,2-4H3;5-9,11H,1,3-4,19H2,2H3;4-5,7H,1-3,14H2;1-2H,10H2. The van der Waals surface area contributed by atoms with Crippen LogP contribution in [0.1, 0.15) is 80.2 Å². The summed E-state index contributed by atoms with van der Waals surface area (Å²) < 4.78 is 96.0. The van der Waals surface area contributed by atoms with Gasteiger partial charge in [0, 0.05) is 69.4 Å². The molecule has 426 valence electrons. The molecule has 0 radical (unpaired) electrons. The first-order valence-corrected chi connectivity index (χ1v) is 28.6. The van der Waals surface area contributed by atoms with Crippen LogP contribution < -0.4 is 26.7 Å². The van der Waals surface area contributed by atoms with Gasteiger partial charge in [-0.2, -0.15) is 0 Å². The van der Waals surface area contributed by atoms with E-state index in [0.717, 1.165) is 67.1 Å². The number of allylic oxidation sites excluding steroid dienone is 3. The number of hydrogen-bond acceptors (Lipinski definition) is 12. The number of carbonyl (C=O) groups excluding carboxylic acids is 1. The maximum Gasteiger partial charge on any atom is 0.218 e. The number of ketones is 1. The summed E-state index contributed by atoms with van der Waals surface area (Å²) in [5.74, 6) is -1.06. The first-order chi connectivity index (χ1) is 38.2. The average molecular weight is 1230 g/mol. The summed E-state index contributed by atoms with van der Waals surface area (Å²) in [6.45, 7) is 15.1. The number of rotatable bonds is 16. The van der Waals surface area contributed by atoms with Crippen LogP contribution >= 0.6 is 39.1 Å². The van der Waals surface area contributed by atoms with E-state index in [1.807, 2.05) is 0 Å². The fourth-order valence-corrected chi connectivity index (χ4v) is 10.7. The summed E-state index contributed by atoms with van der Waals surface area (Å²) in [5.41, 5.74) is 25.2. The highest BCUT2D eigenvalue weighted by atomic mass is 79.9. The van der Waals surface area contributed by atoms with E-state index in [1.165, 1.54) is 81.8 Å². The third-order valence-electron chi connectivity index (χ3n) is 13.6. The molecule has 3 heterocycles. The Morgan fingerprint density at radius 2 is 1.11 bits per heavy atom. The van der Waals surface area contributed by atoms with Crippen LogP contribution in [0.3, 0.4) is 0 Å². The highest BCUT2D eigenvalue weighted by Gasteiger charge is 2.32. The maximum absolute atomic E-state index is 14.7. The van der Waals surface area contributed by atoms with Gasteiger partial charge in [0.05, 0.1) is 47.5 Å². The van der Waals surface area contributed by atoms with Crippen LogP contribution in [0, 0.1) is 41.0 Å². The van der Waals surface area contributed by atoms with Gasteiger partial charge in [-0.25, -0.2) is 35.9 Å². The number of pyridine rings is 2. The smallest absolute Gasteiger partial charge is 0.218 e. The Morgan fingerprint density at radius 1 is 0.679 bits per heavy atom. The molecule has 0 saturated heterocycles. The summed E-state index contributed by atoms with van der Waals surface area (Å²) in [6.07, 6.45) is 10.3. The van der Waals surface area contributed by atoms with Gasteiger partial charge in [0.25, 0.3) is 0 Å². The molecule has 3 aromatic heterocycles. The first kappa shape index (κ1) is 61.7. The fraction of sp³-hybridized carbons (Fsp3) is 0.262. The fourth-order valence-electron chi connectivity index (χ4n) is 8.56. The second-order valence-corrected chi connectivity index (χ2v) is 23.9. The Kier molecular flexibility index (Phi) is 19.7. The first-order valence-electron chi connectivity index (χ1n) is 25.4. The van der Waals surface area contributed by atoms with Crippen molar-refractivity contribution in [3.05, 3.63) is 183 Å². The van der Waals surface area contributed by atoms with Crippen molar-refractivity contribution in [2.24, 2.45) is 17.8 Å². The second-order valence-electron chi connectivity index (χ2n) is 20.3. The number of sulfone groups is 1. The summed E-state index contributed by atoms with van der Waals surface area (Å²) in [7, 11) is -1.10. The molecule has 0 aliphatic heterocycles. The van der Waals surface area contributed by atoms with Crippen molar-refractivity contribution in [1.29, 1.82) is 0 Å². The molecule has 3 aliphatic carbocycles. The highest BCUT2D eigenvalue weighted by molar-refractivity contribution is 9.10. The van der Waals surface area contributed by atoms with Gasteiger partial charge in [-0.1, -0.05) is 42.9 Å². The number of carbonyl (C=O) groups is 1. The molecule has 0 spiro atoms. The van der Waals surface area contributed by atoms with Gasteiger partial charge in [-0.05, 0) is 191 Å². The number of anilines is 3. The molecule has 12 nitrogen and oxygen atoms in total. The van der Waals surface area contributed by atoms with Crippen LogP contribution in [-0.4, -0.2) is 49.2 Å². The number of aliphatic hydroxyl groups is 1. The van der Waals surface area contributed by atoms with Gasteiger partial charge in [0.15, 0.2) is 5.78 Å². The second kappa shape index (κ2) is 25.9. The Hall–Kier alpha value is -6.96. The predicted molar refractivity (Wildman–Crippen MR) is 316 cm³/mol. The number of nitrogen functional groups attached to an aromatic ring is 3. The van der Waals surface area contributed by atoms with Crippen LogP contribution in [0.4, 0.5) is 34.6 Å². The van der Waals surface area contributed by atoms with E-state index in [4.69, 9.17) is 54.3 Å². The van der Waals surface area contributed by atoms with Crippen LogP contribution in [0.2, 0.25) is 10.0 Å². The molecule has 0 unspecified atom stereocenters. The van der Waals surface area contributed by atoms with Crippen molar-refractivity contribution in [3.63, 3.8) is 0 Å². The lowest BCUT2D eigenvalue weighted by Crippen LogP contribution is -2.19. The van der Waals surface area contributed by atoms with Gasteiger partial charge in [0.2, 0.25) is 26.7 Å². The molecule has 7 aromatic rings. The summed E-state index contributed by atoms with van der Waals surface area (Å²) >= 11 is 14.4. The molecule has 7 N–H and O–H groups in total. The lowest BCUT2D eigenvalue weighted by atomic mass is 9.88. The minimum atomic E-state index is -4.11. The monoisotopic (exact) mass is 1230 g/mol. The number of halogens is 7. The molecule has 10 rings (SSSR count). The lowest BCUT2D eigenvalue weighted by molar-refractivity contribution is -0.116. The van der Waals surface area contributed by atoms with Crippen LogP contribution in [0.15, 0.2) is 131 Å². The molecule has 20 heteroatoms. The summed E-state index contributed by atoms with van der Waals surface area (Å²) in [4.78, 5) is 21.3. The van der Waals surface area contributed by atoms with Crippen LogP contribution in [0.5, 0.6) is 11.8 Å². The molecule has 3 saturated carbocycles. The topological polar surface area (TPSA) is 207 Å². The van der Waals surface area contributed by atoms with E-state index >= 15 is 0 Å². The van der Waals surface area contributed by atoms with Crippen molar-refractivity contribution in [3.8, 4) is 34.0 Å². The number of nitrogens with zero attached hydrogens (tertiary/aromatic N) is 2. The molecule has 0 bridgehead atoms. The largest absolute Gasteiger partial charge is 0.481 e. The Bertz CT molecular complexity index is 3650. The van der Waals surface area contributed by atoms with E-state index in [0.29, 0.717) is 84.1 Å². The third-order valence-corrected chi connectivity index (χ3v) is 16.4. The van der Waals surface area contributed by atoms with Gasteiger partial charge >= 0.3 is 0 Å². The van der Waals surface area contributed by atoms with Crippen LogP contribution in [0.25, 0.3) is 39.0 Å². The predicted octanol–water partition coefficient (Wildman–Crippen LogP) is 14.9. The molecule has 3 fully saturated rings. The quantitative estimate of drug-likeness (QED) is 0.0527. The normalized spacial score (nSPS) is 13.8. The summed E-state index contributed by atoms with van der Waals surface area (Å²) in [6, 6.07) is 18.7. The number of aromatic nitrogens is 2. The molecule has 0 amide bonds. The van der Waals surface area contributed by atoms with Crippen LogP contribution in [-0.2, 0) is 26.7 Å². The zero-order chi connectivity index (χ0) is 59.2. The van der Waals surface area contributed by atoms with Crippen molar-refractivity contribution >= 4 is 88.5 Å². The van der Waals surface area contributed by atoms with Gasteiger partial charge in [-0.15, -0.1) is 0 Å². The Labute approximate surface area is 486 Å². The molecule has 4 aromatic carbocycles. The van der Waals surface area contributed by atoms with Crippen molar-refractivity contribution in [2.45, 2.75) is 69.5 Å². The van der Waals surface area contributed by atoms with E-state index in [2.05, 4.69) is 45.6 Å². The van der Waals surface area contributed by atoms with E-state index in [1.54, 1.807) is 37.6 Å². The van der Waals surface area contributed by atoms with E-state index in [9.17, 15) is 35.9 Å². The van der Waals surface area contributed by atoms with E-state index < -0.39 is 43.7 Å². The number of nitrogens with two attached hydrogens (primary N) is 3. The van der Waals surface area contributed by atoms with Gasteiger partial charge in [0.1, 0.15) is 29.0 Å². The van der Waals surface area contributed by atoms with E-state index in [-0.39, 0.29) is 39.6 Å². The number of Topliss-reactive ketones (excluding diaryl/α,β-unsaturated/α-hetero) is 1. The molecule has 81 heavy (non-hydrogen) atoms. The number of hydrogen-bond donors (Lipinski definition) is 4. The molecular formula is C61H60BrCl2F4N5O7S. The number of benzene rings is 4. The molecule has 0 atom stereocenters. The lowest BCUT2D eigenvalue weighted by Gasteiger charge is -2.17. The zero-order valence-electron chi connectivity index (χ0n) is 44.8. The number of methoxy groups -OCH3 is 2. The SMILES string of the molecule is C=C(c1cc(F)cc(-c2ccnc(OC)c2)c1CC(=O)CS(=O)(=O)c1cc(C(C)(C)O)co1)C1CC1.C=C(c1cc(F)cc(-c2ccnc(OC)c2)c1N)C1CC1.C=C(c1cc(F)cc(Cl)c1N)C1CC1.Nc1c(Cl)cc(F)cc1Br.